The second kappa shape index (κ2) is 6.08. The van der Waals surface area contributed by atoms with Gasteiger partial charge in [0.05, 0.1) is 6.10 Å². The normalized spacial score (nSPS) is 37.2. The lowest BCUT2D eigenvalue weighted by molar-refractivity contribution is -0.133. The lowest BCUT2D eigenvalue weighted by Crippen LogP contribution is -2.51. The van der Waals surface area contributed by atoms with Crippen molar-refractivity contribution in [3.63, 3.8) is 0 Å². The maximum Gasteiger partial charge on any atom is 0.161 e. The number of fused-ring (bicyclic) bond motifs is 1. The van der Waals surface area contributed by atoms with Crippen molar-refractivity contribution < 1.29 is 9.90 Å². The molecule has 1 aromatic carbocycles. The Morgan fingerprint density at radius 1 is 1.32 bits per heavy atom. The molecule has 2 unspecified atom stereocenters. The Morgan fingerprint density at radius 3 is 2.77 bits per heavy atom. The minimum absolute atomic E-state index is 0.0151. The van der Waals surface area contributed by atoms with Crippen LogP contribution < -0.4 is 0 Å². The van der Waals surface area contributed by atoms with E-state index in [0.29, 0.717) is 12.3 Å². The van der Waals surface area contributed by atoms with E-state index < -0.39 is 0 Å². The highest BCUT2D eigenvalue weighted by molar-refractivity contribution is 14.1. The van der Waals surface area contributed by atoms with Gasteiger partial charge in [-0.1, -0.05) is 38.5 Å². The van der Waals surface area contributed by atoms with E-state index in [9.17, 15) is 9.90 Å². The molecule has 0 saturated heterocycles. The Hall–Kier alpha value is -0.680. The zero-order valence-electron chi connectivity index (χ0n) is 13.2. The molecule has 0 amide bonds. The van der Waals surface area contributed by atoms with Crippen LogP contribution in [0.2, 0.25) is 0 Å². The zero-order chi connectivity index (χ0) is 15.9. The van der Waals surface area contributed by atoms with Crippen molar-refractivity contribution in [2.24, 2.45) is 17.3 Å². The molecule has 1 aromatic rings. The predicted molar refractivity (Wildman–Crippen MR) is 97.4 cm³/mol. The number of carbonyl (C=O) groups is 1. The first-order valence-electron chi connectivity index (χ1n) is 8.11. The fraction of sp³-hybridized carbons (Fsp3) is 0.526. The molecule has 3 rings (SSSR count). The zero-order valence-corrected chi connectivity index (χ0v) is 15.3. The molecule has 2 nitrogen and oxygen atoms in total. The Morgan fingerprint density at radius 2 is 2.05 bits per heavy atom. The fourth-order valence-electron chi connectivity index (χ4n) is 4.38. The molecule has 3 heteroatoms. The fourth-order valence-corrected chi connectivity index (χ4v) is 4.93. The van der Waals surface area contributed by atoms with Crippen molar-refractivity contribution in [2.45, 2.75) is 45.6 Å². The van der Waals surface area contributed by atoms with Crippen molar-refractivity contribution in [1.29, 1.82) is 0 Å². The quantitative estimate of drug-likeness (QED) is 0.549. The molecule has 4 atom stereocenters. The Labute approximate surface area is 146 Å². The molecule has 0 heterocycles. The van der Waals surface area contributed by atoms with Crippen molar-refractivity contribution in [3.05, 3.63) is 39.0 Å². The average molecular weight is 410 g/mol. The summed E-state index contributed by atoms with van der Waals surface area (Å²) in [6, 6.07) is 8.13. The van der Waals surface area contributed by atoms with Crippen LogP contribution >= 0.6 is 22.6 Å². The van der Waals surface area contributed by atoms with Crippen LogP contribution in [0.25, 0.3) is 6.08 Å². The van der Waals surface area contributed by atoms with E-state index in [1.807, 2.05) is 25.1 Å². The van der Waals surface area contributed by atoms with E-state index in [4.69, 9.17) is 0 Å². The Kier molecular flexibility index (Phi) is 4.47. The molecule has 2 aliphatic carbocycles. The minimum atomic E-state index is -0.292. The van der Waals surface area contributed by atoms with Gasteiger partial charge in [0.2, 0.25) is 0 Å². The Bertz CT molecular complexity index is 622. The van der Waals surface area contributed by atoms with E-state index in [1.165, 1.54) is 0 Å². The number of allylic oxidation sites excluding steroid dienone is 1. The monoisotopic (exact) mass is 410 g/mol. The number of rotatable bonds is 1. The molecule has 1 N–H and O–H groups in total. The highest BCUT2D eigenvalue weighted by atomic mass is 127. The van der Waals surface area contributed by atoms with Gasteiger partial charge < -0.3 is 5.11 Å². The van der Waals surface area contributed by atoms with Crippen LogP contribution in [0, 0.1) is 20.8 Å². The van der Waals surface area contributed by atoms with Crippen LogP contribution in [0.4, 0.5) is 0 Å². The third-order valence-corrected chi connectivity index (χ3v) is 6.72. The molecule has 0 radical (unpaired) electrons. The largest absolute Gasteiger partial charge is 0.393 e. The number of Topliss-reactive ketones (excluding diaryl/α,β-unsaturated/α-hetero) is 1. The third kappa shape index (κ3) is 2.67. The molecule has 2 aliphatic rings. The van der Waals surface area contributed by atoms with Crippen molar-refractivity contribution in [3.8, 4) is 0 Å². The van der Waals surface area contributed by atoms with Gasteiger partial charge in [0.25, 0.3) is 0 Å². The van der Waals surface area contributed by atoms with Gasteiger partial charge in [-0.15, -0.1) is 0 Å². The second-order valence-corrected chi connectivity index (χ2v) is 8.24. The van der Waals surface area contributed by atoms with Gasteiger partial charge in [-0.2, -0.15) is 0 Å². The molecule has 0 spiro atoms. The number of carbonyl (C=O) groups excluding carboxylic acids is 1. The molecular weight excluding hydrogens is 387 g/mol. The molecule has 0 aromatic heterocycles. The average Bonchev–Trinajstić information content (AvgIpc) is 2.49. The number of aliphatic hydroxyl groups is 1. The van der Waals surface area contributed by atoms with E-state index in [1.54, 1.807) is 0 Å². The number of ketones is 1. The summed E-state index contributed by atoms with van der Waals surface area (Å²) in [7, 11) is 0. The number of benzene rings is 1. The molecule has 2 saturated carbocycles. The standard InChI is InChI=1S/C19H23IO2/c1-12-15-7-5-9-17(21)19(15,2)11-14(18(12)22)10-13-6-3-4-8-16(13)20/h3-4,6,8,10,12,15,17,21H,5,7,9,11H2,1-2H3/b14-10+/t12?,15?,17-,19-/m0/s1. The predicted octanol–water partition coefficient (Wildman–Crippen LogP) is 4.45. The molecule has 118 valence electrons. The lowest BCUT2D eigenvalue weighted by Gasteiger charge is -2.51. The summed E-state index contributed by atoms with van der Waals surface area (Å²) in [5.41, 5.74) is 1.83. The third-order valence-electron chi connectivity index (χ3n) is 5.74. The van der Waals surface area contributed by atoms with E-state index in [2.05, 4.69) is 41.6 Å². The van der Waals surface area contributed by atoms with Crippen molar-refractivity contribution in [2.75, 3.05) is 0 Å². The highest BCUT2D eigenvalue weighted by Crippen LogP contribution is 2.53. The van der Waals surface area contributed by atoms with Gasteiger partial charge in [-0.05, 0) is 71.1 Å². The molecule has 0 aliphatic heterocycles. The number of hydrogen-bond donors (Lipinski definition) is 1. The number of halogens is 1. The van der Waals surface area contributed by atoms with E-state index in [0.717, 1.165) is 34.0 Å². The van der Waals surface area contributed by atoms with Gasteiger partial charge in [0, 0.05) is 14.9 Å². The van der Waals surface area contributed by atoms with E-state index >= 15 is 0 Å². The SMILES string of the molecule is CC1C(=O)/C(=C/c2ccccc2I)C[C@@]2(C)C1CCC[C@@H]2O. The minimum Gasteiger partial charge on any atom is -0.393 e. The van der Waals surface area contributed by atoms with Crippen LogP contribution in [0.3, 0.4) is 0 Å². The van der Waals surface area contributed by atoms with Gasteiger partial charge in [0.15, 0.2) is 5.78 Å². The summed E-state index contributed by atoms with van der Waals surface area (Å²) in [6.07, 6.45) is 5.42. The molecular formula is C19H23IO2. The molecule has 22 heavy (non-hydrogen) atoms. The van der Waals surface area contributed by atoms with Crippen LogP contribution in [0.1, 0.15) is 45.1 Å². The summed E-state index contributed by atoms with van der Waals surface area (Å²) in [5, 5.41) is 10.6. The smallest absolute Gasteiger partial charge is 0.161 e. The maximum absolute atomic E-state index is 12.8. The number of aliphatic hydroxyl groups excluding tert-OH is 1. The van der Waals surface area contributed by atoms with Crippen molar-refractivity contribution in [1.82, 2.24) is 0 Å². The van der Waals surface area contributed by atoms with Crippen LogP contribution in [-0.4, -0.2) is 17.0 Å². The first-order chi connectivity index (χ1) is 10.4. The number of hydrogen-bond acceptors (Lipinski definition) is 2. The van der Waals surface area contributed by atoms with Crippen molar-refractivity contribution >= 4 is 34.5 Å². The Balaban J connectivity index is 1.99. The second-order valence-electron chi connectivity index (χ2n) is 7.08. The van der Waals surface area contributed by atoms with Gasteiger partial charge in [-0.3, -0.25) is 4.79 Å². The van der Waals surface area contributed by atoms with Crippen LogP contribution in [0.5, 0.6) is 0 Å². The molecule has 2 fully saturated rings. The van der Waals surface area contributed by atoms with E-state index in [-0.39, 0.29) is 23.2 Å². The van der Waals surface area contributed by atoms with Gasteiger partial charge >= 0.3 is 0 Å². The van der Waals surface area contributed by atoms with Crippen LogP contribution in [0.15, 0.2) is 29.8 Å². The molecule has 0 bridgehead atoms. The summed E-state index contributed by atoms with van der Waals surface area (Å²) in [6.45, 7) is 4.22. The topological polar surface area (TPSA) is 37.3 Å². The summed E-state index contributed by atoms with van der Waals surface area (Å²) in [4.78, 5) is 12.8. The lowest BCUT2D eigenvalue weighted by atomic mass is 9.54. The first-order valence-corrected chi connectivity index (χ1v) is 9.19. The first kappa shape index (κ1) is 16.2. The highest BCUT2D eigenvalue weighted by Gasteiger charge is 2.51. The summed E-state index contributed by atoms with van der Waals surface area (Å²) < 4.78 is 1.16. The van der Waals surface area contributed by atoms with Crippen LogP contribution in [-0.2, 0) is 4.79 Å². The summed E-state index contributed by atoms with van der Waals surface area (Å²) in [5.74, 6) is 0.605. The summed E-state index contributed by atoms with van der Waals surface area (Å²) >= 11 is 2.31. The van der Waals surface area contributed by atoms with Gasteiger partial charge in [-0.25, -0.2) is 0 Å². The maximum atomic E-state index is 12.8. The van der Waals surface area contributed by atoms with Gasteiger partial charge in [0.1, 0.15) is 0 Å².